The van der Waals surface area contributed by atoms with Crippen LogP contribution in [0.15, 0.2) is 0 Å². The van der Waals surface area contributed by atoms with Crippen LogP contribution in [-0.2, 0) is 11.2 Å². The van der Waals surface area contributed by atoms with Gasteiger partial charge in [0, 0.05) is 24.4 Å². The lowest BCUT2D eigenvalue weighted by Gasteiger charge is -2.32. The van der Waals surface area contributed by atoms with Crippen LogP contribution < -0.4 is 5.73 Å². The standard InChI is InChI=1S/C15H26N2OS/c1-10-11(2)19-14(17-10)9-13(16)15(18-3)12-7-5-4-6-8-12/h12-13,15H,4-9,16H2,1-3H3. The second-order valence-electron chi connectivity index (χ2n) is 5.72. The van der Waals surface area contributed by atoms with E-state index in [0.29, 0.717) is 5.92 Å². The summed E-state index contributed by atoms with van der Waals surface area (Å²) >= 11 is 1.77. The number of thiazole rings is 1. The summed E-state index contributed by atoms with van der Waals surface area (Å²) in [6.45, 7) is 4.19. The molecule has 0 aliphatic heterocycles. The van der Waals surface area contributed by atoms with Gasteiger partial charge in [-0.1, -0.05) is 19.3 Å². The van der Waals surface area contributed by atoms with Gasteiger partial charge in [0.05, 0.1) is 16.8 Å². The van der Waals surface area contributed by atoms with Crippen molar-refractivity contribution in [3.63, 3.8) is 0 Å². The molecule has 0 radical (unpaired) electrons. The highest BCUT2D eigenvalue weighted by molar-refractivity contribution is 7.11. The predicted molar refractivity (Wildman–Crippen MR) is 80.6 cm³/mol. The molecular weight excluding hydrogens is 256 g/mol. The van der Waals surface area contributed by atoms with Gasteiger partial charge in [0.1, 0.15) is 0 Å². The topological polar surface area (TPSA) is 48.1 Å². The summed E-state index contributed by atoms with van der Waals surface area (Å²) in [5.74, 6) is 0.635. The fourth-order valence-corrected chi connectivity index (χ4v) is 4.13. The highest BCUT2D eigenvalue weighted by Gasteiger charge is 2.29. The lowest BCUT2D eigenvalue weighted by atomic mass is 9.82. The third-order valence-electron chi connectivity index (χ3n) is 4.29. The van der Waals surface area contributed by atoms with Crippen LogP contribution in [0.4, 0.5) is 0 Å². The Hall–Kier alpha value is -0.450. The van der Waals surface area contributed by atoms with Crippen LogP contribution in [0.5, 0.6) is 0 Å². The summed E-state index contributed by atoms with van der Waals surface area (Å²) in [5, 5.41) is 1.15. The Labute approximate surface area is 120 Å². The zero-order valence-corrected chi connectivity index (χ0v) is 13.1. The van der Waals surface area contributed by atoms with Gasteiger partial charge >= 0.3 is 0 Å². The van der Waals surface area contributed by atoms with Gasteiger partial charge in [0.2, 0.25) is 0 Å². The molecule has 1 heterocycles. The molecule has 1 aliphatic rings. The Morgan fingerprint density at radius 3 is 2.53 bits per heavy atom. The number of hydrogen-bond donors (Lipinski definition) is 1. The summed E-state index contributed by atoms with van der Waals surface area (Å²) in [5.41, 5.74) is 7.53. The summed E-state index contributed by atoms with van der Waals surface area (Å²) in [4.78, 5) is 5.89. The van der Waals surface area contributed by atoms with E-state index in [-0.39, 0.29) is 12.1 Å². The molecule has 0 spiro atoms. The van der Waals surface area contributed by atoms with Crippen LogP contribution in [-0.4, -0.2) is 24.2 Å². The first kappa shape index (κ1) is 14.9. The largest absolute Gasteiger partial charge is 0.380 e. The first-order valence-electron chi connectivity index (χ1n) is 7.33. The molecule has 2 rings (SSSR count). The van der Waals surface area contributed by atoms with Crippen molar-refractivity contribution in [1.29, 1.82) is 0 Å². The Kier molecular flexibility index (Phi) is 5.37. The van der Waals surface area contributed by atoms with Crippen LogP contribution in [0.3, 0.4) is 0 Å². The Morgan fingerprint density at radius 1 is 1.32 bits per heavy atom. The van der Waals surface area contributed by atoms with Crippen molar-refractivity contribution in [2.24, 2.45) is 11.7 Å². The average molecular weight is 282 g/mol. The Balaban J connectivity index is 1.97. The van der Waals surface area contributed by atoms with E-state index in [2.05, 4.69) is 18.8 Å². The second kappa shape index (κ2) is 6.82. The third-order valence-corrected chi connectivity index (χ3v) is 5.39. The molecule has 4 heteroatoms. The van der Waals surface area contributed by atoms with Crippen molar-refractivity contribution < 1.29 is 4.74 Å². The van der Waals surface area contributed by atoms with E-state index in [4.69, 9.17) is 10.5 Å². The van der Waals surface area contributed by atoms with E-state index in [1.165, 1.54) is 37.0 Å². The van der Waals surface area contributed by atoms with Crippen molar-refractivity contribution >= 4 is 11.3 Å². The molecule has 0 aromatic carbocycles. The monoisotopic (exact) mass is 282 g/mol. The Bertz CT molecular complexity index is 379. The quantitative estimate of drug-likeness (QED) is 0.902. The fourth-order valence-electron chi connectivity index (χ4n) is 3.12. The lowest BCUT2D eigenvalue weighted by Crippen LogP contribution is -2.43. The molecule has 2 atom stereocenters. The molecule has 1 aliphatic carbocycles. The maximum Gasteiger partial charge on any atom is 0.0947 e. The molecule has 1 aromatic heterocycles. The maximum atomic E-state index is 6.39. The highest BCUT2D eigenvalue weighted by atomic mass is 32.1. The van der Waals surface area contributed by atoms with Crippen LogP contribution in [0.2, 0.25) is 0 Å². The van der Waals surface area contributed by atoms with E-state index in [1.807, 2.05) is 0 Å². The van der Waals surface area contributed by atoms with Crippen LogP contribution in [0.1, 0.15) is 47.7 Å². The summed E-state index contributed by atoms with van der Waals surface area (Å²) in [6, 6.07) is 0.0676. The smallest absolute Gasteiger partial charge is 0.0947 e. The normalized spacial score (nSPS) is 20.4. The summed E-state index contributed by atoms with van der Waals surface area (Å²) in [6.07, 6.45) is 7.58. The third kappa shape index (κ3) is 3.77. The number of methoxy groups -OCH3 is 1. The minimum Gasteiger partial charge on any atom is -0.380 e. The first-order valence-corrected chi connectivity index (χ1v) is 8.14. The molecule has 19 heavy (non-hydrogen) atoms. The van der Waals surface area contributed by atoms with Gasteiger partial charge in [-0.2, -0.15) is 0 Å². The maximum absolute atomic E-state index is 6.39. The van der Waals surface area contributed by atoms with Crippen molar-refractivity contribution in [3.05, 3.63) is 15.6 Å². The number of aromatic nitrogens is 1. The molecule has 1 saturated carbocycles. The van der Waals surface area contributed by atoms with Crippen LogP contribution in [0, 0.1) is 19.8 Å². The molecule has 2 N–H and O–H groups in total. The number of hydrogen-bond acceptors (Lipinski definition) is 4. The van der Waals surface area contributed by atoms with Gasteiger partial charge < -0.3 is 10.5 Å². The van der Waals surface area contributed by atoms with E-state index in [9.17, 15) is 0 Å². The van der Waals surface area contributed by atoms with Crippen LogP contribution in [0.25, 0.3) is 0 Å². The van der Waals surface area contributed by atoms with E-state index < -0.39 is 0 Å². The van der Waals surface area contributed by atoms with Gasteiger partial charge in [-0.3, -0.25) is 0 Å². The molecule has 3 nitrogen and oxygen atoms in total. The second-order valence-corrected chi connectivity index (χ2v) is 7.00. The number of rotatable bonds is 5. The minimum atomic E-state index is 0.0676. The lowest BCUT2D eigenvalue weighted by molar-refractivity contribution is 0.0179. The van der Waals surface area contributed by atoms with Crippen molar-refractivity contribution in [1.82, 2.24) is 4.98 Å². The zero-order chi connectivity index (χ0) is 13.8. The summed E-state index contributed by atoms with van der Waals surface area (Å²) in [7, 11) is 1.80. The Morgan fingerprint density at radius 2 is 2.00 bits per heavy atom. The van der Waals surface area contributed by atoms with Gasteiger partial charge in [0.15, 0.2) is 0 Å². The van der Waals surface area contributed by atoms with Crippen LogP contribution >= 0.6 is 11.3 Å². The SMILES string of the molecule is COC(C(N)Cc1nc(C)c(C)s1)C1CCCCC1. The van der Waals surface area contributed by atoms with Gasteiger partial charge in [-0.25, -0.2) is 4.98 Å². The van der Waals surface area contributed by atoms with E-state index in [1.54, 1.807) is 18.4 Å². The fraction of sp³-hybridized carbons (Fsp3) is 0.800. The summed E-state index contributed by atoms with van der Waals surface area (Å²) < 4.78 is 5.71. The zero-order valence-electron chi connectivity index (χ0n) is 12.3. The molecule has 1 fully saturated rings. The molecular formula is C15H26N2OS. The van der Waals surface area contributed by atoms with Crippen molar-refractivity contribution in [2.45, 2.75) is 64.5 Å². The molecule has 2 unspecified atom stereocenters. The first-order chi connectivity index (χ1) is 9.11. The number of ether oxygens (including phenoxy) is 1. The molecule has 1 aromatic rings. The van der Waals surface area contributed by atoms with E-state index in [0.717, 1.165) is 17.1 Å². The predicted octanol–water partition coefficient (Wildman–Crippen LogP) is 3.23. The highest BCUT2D eigenvalue weighted by Crippen LogP contribution is 2.30. The van der Waals surface area contributed by atoms with Gasteiger partial charge in [-0.05, 0) is 32.6 Å². The van der Waals surface area contributed by atoms with Gasteiger partial charge in [0.25, 0.3) is 0 Å². The molecule has 108 valence electrons. The molecule has 0 bridgehead atoms. The molecule has 0 amide bonds. The minimum absolute atomic E-state index is 0.0676. The van der Waals surface area contributed by atoms with E-state index >= 15 is 0 Å². The number of aryl methyl sites for hydroxylation is 2. The average Bonchev–Trinajstić information content (AvgIpc) is 2.70. The molecule has 0 saturated heterocycles. The van der Waals surface area contributed by atoms with Crippen molar-refractivity contribution in [2.75, 3.05) is 7.11 Å². The number of nitrogens with zero attached hydrogens (tertiary/aromatic N) is 1. The van der Waals surface area contributed by atoms with Gasteiger partial charge in [-0.15, -0.1) is 11.3 Å². The van der Waals surface area contributed by atoms with Crippen molar-refractivity contribution in [3.8, 4) is 0 Å². The number of nitrogens with two attached hydrogens (primary N) is 1.